The molecule has 0 radical (unpaired) electrons. The zero-order valence-corrected chi connectivity index (χ0v) is 13.8. The van der Waals surface area contributed by atoms with Gasteiger partial charge < -0.3 is 14.4 Å². The summed E-state index contributed by atoms with van der Waals surface area (Å²) in [5, 5.41) is 0. The van der Waals surface area contributed by atoms with Gasteiger partial charge in [-0.1, -0.05) is 11.6 Å². The molecule has 0 N–H and O–H groups in total. The zero-order valence-electron chi connectivity index (χ0n) is 13.8. The van der Waals surface area contributed by atoms with Gasteiger partial charge in [0.15, 0.2) is 0 Å². The quantitative estimate of drug-likeness (QED) is 0.750. The molecule has 22 heavy (non-hydrogen) atoms. The minimum Gasteiger partial charge on any atom is -0.384 e. The molecule has 0 unspecified atom stereocenters. The maximum absolute atomic E-state index is 12.7. The third-order valence-corrected chi connectivity index (χ3v) is 5.54. The molecule has 124 valence electrons. The van der Waals surface area contributed by atoms with E-state index in [0.717, 1.165) is 51.8 Å². The second-order valence-corrected chi connectivity index (χ2v) is 7.15. The fraction of sp³-hybridized carbons (Fsp3) is 0.833. The zero-order chi connectivity index (χ0) is 15.4. The summed E-state index contributed by atoms with van der Waals surface area (Å²) in [6.07, 6.45) is 11.1. The van der Waals surface area contributed by atoms with E-state index in [0.29, 0.717) is 18.9 Å². The van der Waals surface area contributed by atoms with Crippen LogP contribution in [0.4, 0.5) is 0 Å². The predicted octanol–water partition coefficient (Wildman–Crippen LogP) is 2.92. The molecular weight excluding hydrogens is 278 g/mol. The van der Waals surface area contributed by atoms with E-state index in [9.17, 15) is 4.79 Å². The standard InChI is InChI=1S/C18H29NO3/c1-21-14-18-9-5-11-22-16(18)8-10-19(13-18)17(20)12-15-6-3-2-4-7-15/h6,16H,2-5,7-14H2,1H3/t16-,18+/m1/s1. The van der Waals surface area contributed by atoms with Crippen LogP contribution in [0.1, 0.15) is 51.4 Å². The van der Waals surface area contributed by atoms with Gasteiger partial charge in [0.1, 0.15) is 0 Å². The fourth-order valence-electron chi connectivity index (χ4n) is 4.37. The fourth-order valence-corrected chi connectivity index (χ4v) is 4.37. The summed E-state index contributed by atoms with van der Waals surface area (Å²) in [7, 11) is 1.76. The molecule has 1 aliphatic carbocycles. The number of nitrogens with zero attached hydrogens (tertiary/aromatic N) is 1. The lowest BCUT2D eigenvalue weighted by Crippen LogP contribution is -2.58. The summed E-state index contributed by atoms with van der Waals surface area (Å²) in [5.74, 6) is 0.299. The summed E-state index contributed by atoms with van der Waals surface area (Å²) in [4.78, 5) is 14.8. The van der Waals surface area contributed by atoms with Crippen LogP contribution in [-0.4, -0.2) is 50.3 Å². The molecule has 0 aromatic rings. The Balaban J connectivity index is 1.64. The van der Waals surface area contributed by atoms with Crippen LogP contribution in [0.5, 0.6) is 0 Å². The first-order chi connectivity index (χ1) is 10.7. The van der Waals surface area contributed by atoms with E-state index in [1.54, 1.807) is 7.11 Å². The van der Waals surface area contributed by atoms with E-state index in [2.05, 4.69) is 11.0 Å². The molecule has 2 saturated heterocycles. The van der Waals surface area contributed by atoms with E-state index in [4.69, 9.17) is 9.47 Å². The maximum atomic E-state index is 12.7. The Kier molecular flexibility index (Phi) is 5.19. The van der Waals surface area contributed by atoms with Gasteiger partial charge in [0, 0.05) is 38.6 Å². The molecule has 4 nitrogen and oxygen atoms in total. The van der Waals surface area contributed by atoms with Gasteiger partial charge in [-0.05, 0) is 44.9 Å². The van der Waals surface area contributed by atoms with Crippen LogP contribution in [0, 0.1) is 5.41 Å². The van der Waals surface area contributed by atoms with Crippen molar-refractivity contribution in [3.8, 4) is 0 Å². The SMILES string of the molecule is COC[C@@]12CCCO[C@@H]1CCN(C(=O)CC1=CCCCC1)C2. The number of hydrogen-bond acceptors (Lipinski definition) is 3. The van der Waals surface area contributed by atoms with Crippen molar-refractivity contribution in [1.82, 2.24) is 4.90 Å². The molecule has 3 aliphatic rings. The van der Waals surface area contributed by atoms with Gasteiger partial charge in [-0.2, -0.15) is 0 Å². The first-order valence-corrected chi connectivity index (χ1v) is 8.80. The van der Waals surface area contributed by atoms with Crippen LogP contribution in [0.25, 0.3) is 0 Å². The number of likely N-dealkylation sites (tertiary alicyclic amines) is 1. The Morgan fingerprint density at radius 1 is 1.45 bits per heavy atom. The maximum Gasteiger partial charge on any atom is 0.226 e. The lowest BCUT2D eigenvalue weighted by molar-refractivity contribution is -0.161. The van der Waals surface area contributed by atoms with Crippen molar-refractivity contribution in [1.29, 1.82) is 0 Å². The molecule has 4 heteroatoms. The molecule has 0 bridgehead atoms. The largest absolute Gasteiger partial charge is 0.384 e. The Labute approximate surface area is 133 Å². The molecule has 2 atom stereocenters. The third kappa shape index (κ3) is 3.38. The lowest BCUT2D eigenvalue weighted by atomic mass is 9.73. The number of carbonyl (C=O) groups excluding carboxylic acids is 1. The van der Waals surface area contributed by atoms with Crippen molar-refractivity contribution in [2.24, 2.45) is 5.41 Å². The van der Waals surface area contributed by atoms with Crippen LogP contribution in [0.15, 0.2) is 11.6 Å². The van der Waals surface area contributed by atoms with Gasteiger partial charge >= 0.3 is 0 Å². The van der Waals surface area contributed by atoms with Gasteiger partial charge in [-0.15, -0.1) is 0 Å². The highest BCUT2D eigenvalue weighted by atomic mass is 16.5. The minimum absolute atomic E-state index is 0.0157. The topological polar surface area (TPSA) is 38.8 Å². The number of methoxy groups -OCH3 is 1. The van der Waals surface area contributed by atoms with Gasteiger partial charge in [-0.25, -0.2) is 0 Å². The molecule has 0 aromatic carbocycles. The Morgan fingerprint density at radius 2 is 2.36 bits per heavy atom. The molecular formula is C18H29NO3. The van der Waals surface area contributed by atoms with Gasteiger partial charge in [0.25, 0.3) is 0 Å². The molecule has 0 aromatic heterocycles. The first-order valence-electron chi connectivity index (χ1n) is 8.80. The van der Waals surface area contributed by atoms with Crippen molar-refractivity contribution in [2.45, 2.75) is 57.5 Å². The molecule has 2 fully saturated rings. The summed E-state index contributed by atoms with van der Waals surface area (Å²) >= 11 is 0. The summed E-state index contributed by atoms with van der Waals surface area (Å²) < 4.78 is 11.5. The van der Waals surface area contributed by atoms with E-state index >= 15 is 0 Å². The highest BCUT2D eigenvalue weighted by Gasteiger charge is 2.46. The lowest BCUT2D eigenvalue weighted by Gasteiger charge is -2.50. The second kappa shape index (κ2) is 7.14. The molecule has 1 amide bonds. The number of rotatable bonds is 4. The highest BCUT2D eigenvalue weighted by molar-refractivity contribution is 5.79. The van der Waals surface area contributed by atoms with Crippen molar-refractivity contribution in [2.75, 3.05) is 33.4 Å². The number of carbonyl (C=O) groups is 1. The average molecular weight is 307 g/mol. The second-order valence-electron chi connectivity index (χ2n) is 7.15. The number of hydrogen-bond donors (Lipinski definition) is 0. The number of allylic oxidation sites excluding steroid dienone is 1. The predicted molar refractivity (Wildman–Crippen MR) is 85.6 cm³/mol. The van der Waals surface area contributed by atoms with Gasteiger partial charge in [0.05, 0.1) is 12.7 Å². The van der Waals surface area contributed by atoms with E-state index in [1.165, 1.54) is 18.4 Å². The monoisotopic (exact) mass is 307 g/mol. The smallest absolute Gasteiger partial charge is 0.226 e. The molecule has 2 aliphatic heterocycles. The average Bonchev–Trinajstić information content (AvgIpc) is 2.55. The molecule has 2 heterocycles. The Bertz CT molecular complexity index is 430. The first kappa shape index (κ1) is 16.0. The number of ether oxygens (including phenoxy) is 2. The summed E-state index contributed by atoms with van der Waals surface area (Å²) in [6, 6.07) is 0. The molecule has 3 rings (SSSR count). The number of fused-ring (bicyclic) bond motifs is 1. The van der Waals surface area contributed by atoms with E-state index < -0.39 is 0 Å². The van der Waals surface area contributed by atoms with E-state index in [1.807, 2.05) is 0 Å². The van der Waals surface area contributed by atoms with Crippen LogP contribution in [0.2, 0.25) is 0 Å². The van der Waals surface area contributed by atoms with Crippen LogP contribution in [0.3, 0.4) is 0 Å². The summed E-state index contributed by atoms with van der Waals surface area (Å²) in [5.41, 5.74) is 1.36. The van der Waals surface area contributed by atoms with Crippen LogP contribution >= 0.6 is 0 Å². The Morgan fingerprint density at radius 3 is 3.14 bits per heavy atom. The van der Waals surface area contributed by atoms with E-state index in [-0.39, 0.29) is 11.5 Å². The van der Waals surface area contributed by atoms with Gasteiger partial charge in [0.2, 0.25) is 5.91 Å². The molecule has 0 spiro atoms. The normalized spacial score (nSPS) is 32.3. The minimum atomic E-state index is 0.0157. The van der Waals surface area contributed by atoms with Gasteiger partial charge in [-0.3, -0.25) is 4.79 Å². The third-order valence-electron chi connectivity index (χ3n) is 5.54. The number of piperidine rings is 1. The molecule has 0 saturated carbocycles. The van der Waals surface area contributed by atoms with Crippen molar-refractivity contribution in [3.05, 3.63) is 11.6 Å². The van der Waals surface area contributed by atoms with Crippen molar-refractivity contribution < 1.29 is 14.3 Å². The number of amides is 1. The highest BCUT2D eigenvalue weighted by Crippen LogP contribution is 2.40. The summed E-state index contributed by atoms with van der Waals surface area (Å²) in [6.45, 7) is 3.20. The Hall–Kier alpha value is -0.870. The van der Waals surface area contributed by atoms with Crippen LogP contribution < -0.4 is 0 Å². The van der Waals surface area contributed by atoms with Crippen molar-refractivity contribution in [3.63, 3.8) is 0 Å². The van der Waals surface area contributed by atoms with Crippen LogP contribution in [-0.2, 0) is 14.3 Å². The van der Waals surface area contributed by atoms with Crippen molar-refractivity contribution >= 4 is 5.91 Å².